The maximum absolute atomic E-state index is 15.2. The van der Waals surface area contributed by atoms with E-state index in [1.807, 2.05) is 0 Å². The molecule has 0 aliphatic carbocycles. The lowest BCUT2D eigenvalue weighted by Crippen LogP contribution is -2.53. The van der Waals surface area contributed by atoms with Gasteiger partial charge in [0.05, 0.1) is 25.0 Å². The number of ether oxygens (including phenoxy) is 3. The summed E-state index contributed by atoms with van der Waals surface area (Å²) in [4.78, 5) is 40.1. The zero-order chi connectivity index (χ0) is 31.4. The van der Waals surface area contributed by atoms with Gasteiger partial charge < -0.3 is 29.6 Å². The maximum Gasteiger partial charge on any atom is 0.351 e. The van der Waals surface area contributed by atoms with E-state index in [0.717, 1.165) is 0 Å². The number of aromatic nitrogens is 2. The van der Waals surface area contributed by atoms with Crippen molar-refractivity contribution >= 4 is 36.1 Å². The van der Waals surface area contributed by atoms with E-state index in [9.17, 15) is 32.7 Å². The Balaban J connectivity index is 2.41. The van der Waals surface area contributed by atoms with Crippen molar-refractivity contribution in [1.82, 2.24) is 19.7 Å². The molecule has 0 saturated carbocycles. The summed E-state index contributed by atoms with van der Waals surface area (Å²) in [5, 5.41) is 15.8. The lowest BCUT2D eigenvalue weighted by Gasteiger charge is -2.35. The van der Waals surface area contributed by atoms with Crippen LogP contribution in [0.5, 0.6) is 0 Å². The van der Waals surface area contributed by atoms with E-state index >= 15 is 4.39 Å². The van der Waals surface area contributed by atoms with Crippen LogP contribution in [-0.2, 0) is 40.1 Å². The molecule has 19 heteroatoms. The number of esters is 2. The van der Waals surface area contributed by atoms with Gasteiger partial charge in [-0.15, -0.1) is 0 Å². The van der Waals surface area contributed by atoms with Gasteiger partial charge in [-0.25, -0.2) is 32.5 Å². The van der Waals surface area contributed by atoms with Crippen LogP contribution in [0.1, 0.15) is 47.8 Å². The predicted octanol–water partition coefficient (Wildman–Crippen LogP) is 1.30. The molecule has 5 N–H and O–H groups in total. The van der Waals surface area contributed by atoms with Crippen molar-refractivity contribution < 1.29 is 51.0 Å². The molecule has 13 nitrogen and oxygen atoms in total. The van der Waals surface area contributed by atoms with Crippen LogP contribution in [0.2, 0.25) is 0 Å². The molecule has 6 atom stereocenters. The highest BCUT2D eigenvalue weighted by Gasteiger charge is 2.62. The Labute approximate surface area is 238 Å². The molecule has 1 saturated heterocycles. The quantitative estimate of drug-likeness (QED) is 0.139. The number of rotatable bonds is 13. The van der Waals surface area contributed by atoms with Crippen molar-refractivity contribution in [3.8, 4) is 0 Å². The van der Waals surface area contributed by atoms with Crippen LogP contribution in [0.15, 0.2) is 11.0 Å². The van der Waals surface area contributed by atoms with E-state index in [4.69, 9.17) is 36.3 Å². The second-order valence-corrected chi connectivity index (χ2v) is 13.2. The third-order valence-electron chi connectivity index (χ3n) is 5.60. The highest BCUT2D eigenvalue weighted by Crippen LogP contribution is 2.47. The van der Waals surface area contributed by atoms with Gasteiger partial charge in [0, 0.05) is 0 Å². The molecule has 41 heavy (non-hydrogen) atoms. The van der Waals surface area contributed by atoms with Crippen molar-refractivity contribution in [3.63, 3.8) is 0 Å². The summed E-state index contributed by atoms with van der Waals surface area (Å²) >= 11 is 5.48. The fourth-order valence-corrected chi connectivity index (χ4v) is 6.53. The van der Waals surface area contributed by atoms with Crippen LogP contribution in [-0.4, -0.2) is 81.8 Å². The summed E-state index contributed by atoms with van der Waals surface area (Å²) < 4.78 is 79.2. The highest BCUT2D eigenvalue weighted by atomic mass is 32.4. The van der Waals surface area contributed by atoms with E-state index in [-0.39, 0.29) is 4.57 Å². The van der Waals surface area contributed by atoms with Crippen LogP contribution >= 0.6 is 6.57 Å². The lowest BCUT2D eigenvalue weighted by molar-refractivity contribution is -0.191. The number of nitrogens with one attached hydrogen (secondary N) is 2. The summed E-state index contributed by atoms with van der Waals surface area (Å²) in [7, 11) is 0. The Kier molecular flexibility index (Phi) is 11.8. The first kappa shape index (κ1) is 35.0. The number of anilines is 1. The topological polar surface area (TPSA) is 176 Å². The maximum atomic E-state index is 15.2. The van der Waals surface area contributed by atoms with E-state index in [2.05, 4.69) is 15.2 Å². The summed E-state index contributed by atoms with van der Waals surface area (Å²) in [5.41, 5.74) is 0.735. The predicted molar refractivity (Wildman–Crippen MR) is 141 cm³/mol. The number of hydrogen-bond acceptors (Lipinski definition) is 11. The van der Waals surface area contributed by atoms with Crippen molar-refractivity contribution in [1.29, 1.82) is 0 Å². The molecule has 1 aromatic rings. The SMILES string of the molecule is CC(C)OC(=O)C(C)NP(=S)(NC(C)C(=O)OC(C)C)OCC1(C(F)F)OC(n2cc(F)c(N)nc2=O)C(F)C1O. The molecule has 234 valence electrons. The first-order valence-corrected chi connectivity index (χ1v) is 15.1. The normalized spacial score (nSPS) is 25.8. The molecule has 0 bridgehead atoms. The summed E-state index contributed by atoms with van der Waals surface area (Å²) in [6.45, 7) is 3.81. The Bertz CT molecular complexity index is 1180. The van der Waals surface area contributed by atoms with E-state index in [0.29, 0.717) is 6.20 Å². The number of carbonyl (C=O) groups excluding carboxylic acids is 2. The molecule has 0 amide bonds. The number of aliphatic hydroxyl groups excluding tert-OH is 1. The molecule has 1 fully saturated rings. The van der Waals surface area contributed by atoms with E-state index < -0.39 is 97.3 Å². The number of alkyl halides is 3. The fraction of sp³-hybridized carbons (Fsp3) is 0.727. The number of halogens is 4. The molecular weight excluding hydrogens is 601 g/mol. The van der Waals surface area contributed by atoms with Gasteiger partial charge in [0.1, 0.15) is 18.2 Å². The van der Waals surface area contributed by atoms with Gasteiger partial charge in [-0.2, -0.15) is 4.98 Å². The number of aliphatic hydroxyl groups is 1. The Hall–Kier alpha value is -2.21. The summed E-state index contributed by atoms with van der Waals surface area (Å²) in [5.74, 6) is -3.68. The van der Waals surface area contributed by atoms with Crippen LogP contribution < -0.4 is 21.6 Å². The van der Waals surface area contributed by atoms with E-state index in [1.54, 1.807) is 27.7 Å². The first-order chi connectivity index (χ1) is 18.8. The van der Waals surface area contributed by atoms with Crippen molar-refractivity contribution in [3.05, 3.63) is 22.5 Å². The molecule has 0 spiro atoms. The average molecular weight is 636 g/mol. The smallest absolute Gasteiger partial charge is 0.351 e. The van der Waals surface area contributed by atoms with Crippen molar-refractivity contribution in [2.45, 2.75) is 96.4 Å². The van der Waals surface area contributed by atoms with Crippen molar-refractivity contribution in [2.75, 3.05) is 12.3 Å². The summed E-state index contributed by atoms with van der Waals surface area (Å²) in [6.07, 6.45) is -11.8. The number of nitrogens with two attached hydrogens (primary N) is 1. The number of nitrogens with zero attached hydrogens (tertiary/aromatic N) is 2. The molecule has 1 aliphatic heterocycles. The number of hydrogen-bond donors (Lipinski definition) is 4. The molecule has 6 unspecified atom stereocenters. The van der Waals surface area contributed by atoms with Gasteiger partial charge in [-0.05, 0) is 53.3 Å². The fourth-order valence-electron chi connectivity index (χ4n) is 3.59. The monoisotopic (exact) mass is 635 g/mol. The molecular formula is C22H34F4N5O8PS. The van der Waals surface area contributed by atoms with Gasteiger partial charge in [0.25, 0.3) is 6.43 Å². The van der Waals surface area contributed by atoms with Crippen molar-refractivity contribution in [2.24, 2.45) is 0 Å². The third kappa shape index (κ3) is 8.43. The van der Waals surface area contributed by atoms with Gasteiger partial charge in [0.15, 0.2) is 36.2 Å². The standard InChI is InChI=1S/C22H34F4N5O8PS/c1-9(2)37-18(33)11(5)29-40(41,30-12(6)19(34)38-10(3)4)36-8-22(20(25)26)15(32)14(24)17(39-22)31-7-13(23)16(27)28-21(31)35/h7,9-12,14-15,17,20,32H,8H2,1-6H3,(H2,27,28,35)(H2,29,30,41). The summed E-state index contributed by atoms with van der Waals surface area (Å²) in [6, 6.07) is -2.38. The van der Waals surface area contributed by atoms with Gasteiger partial charge in [-0.1, -0.05) is 0 Å². The lowest BCUT2D eigenvalue weighted by atomic mass is 9.97. The highest BCUT2D eigenvalue weighted by molar-refractivity contribution is 8.10. The van der Waals surface area contributed by atoms with Crippen LogP contribution in [0.25, 0.3) is 0 Å². The van der Waals surface area contributed by atoms with Gasteiger partial charge >= 0.3 is 17.6 Å². The second kappa shape index (κ2) is 13.8. The van der Waals surface area contributed by atoms with Crippen LogP contribution in [0, 0.1) is 5.82 Å². The van der Waals surface area contributed by atoms with Gasteiger partial charge in [0.2, 0.25) is 0 Å². The zero-order valence-corrected chi connectivity index (χ0v) is 24.8. The minimum absolute atomic E-state index is 0.226. The Morgan fingerprint density at radius 3 is 2.10 bits per heavy atom. The Morgan fingerprint density at radius 1 is 1.17 bits per heavy atom. The Morgan fingerprint density at radius 2 is 1.66 bits per heavy atom. The molecule has 2 rings (SSSR count). The van der Waals surface area contributed by atoms with Crippen LogP contribution in [0.3, 0.4) is 0 Å². The second-order valence-electron chi connectivity index (χ2n) is 9.82. The molecule has 0 radical (unpaired) electrons. The minimum Gasteiger partial charge on any atom is -0.462 e. The minimum atomic E-state index is -3.90. The number of nitrogen functional groups attached to an aromatic ring is 1. The largest absolute Gasteiger partial charge is 0.462 e. The molecule has 0 aromatic carbocycles. The first-order valence-electron chi connectivity index (χ1n) is 12.4. The molecule has 1 aliphatic rings. The van der Waals surface area contributed by atoms with Gasteiger partial charge in [-0.3, -0.25) is 14.2 Å². The molecule has 2 heterocycles. The van der Waals surface area contributed by atoms with Crippen LogP contribution in [0.4, 0.5) is 23.4 Å². The molecule has 1 aromatic heterocycles. The number of carbonyl (C=O) groups is 2. The van der Waals surface area contributed by atoms with E-state index in [1.165, 1.54) is 13.8 Å². The average Bonchev–Trinajstić information content (AvgIpc) is 3.10. The zero-order valence-electron chi connectivity index (χ0n) is 23.0. The third-order valence-corrected chi connectivity index (χ3v) is 8.50.